The summed E-state index contributed by atoms with van der Waals surface area (Å²) in [7, 11) is 5.96. The van der Waals surface area contributed by atoms with Gasteiger partial charge < -0.3 is 20.9 Å². The Morgan fingerprint density at radius 3 is 2.45 bits per heavy atom. The minimum absolute atomic E-state index is 0.0223. The monoisotopic (exact) mass is 461 g/mol. The Balaban J connectivity index is 1.78. The van der Waals surface area contributed by atoms with Crippen LogP contribution in [-0.4, -0.2) is 97.5 Å². The molecule has 2 aliphatic rings. The number of nitrogens with two attached hydrogens (primary N) is 1. The summed E-state index contributed by atoms with van der Waals surface area (Å²) in [5.74, 6) is -0.902. The molecule has 1 aliphatic heterocycles. The Bertz CT molecular complexity index is 795. The molecule has 3 rings (SSSR count). The van der Waals surface area contributed by atoms with Gasteiger partial charge in [0, 0.05) is 37.9 Å². The van der Waals surface area contributed by atoms with Gasteiger partial charge >= 0.3 is 0 Å². The zero-order valence-corrected chi connectivity index (χ0v) is 20.1. The smallest absolute Gasteiger partial charge is 0.236 e. The van der Waals surface area contributed by atoms with Crippen LogP contribution in [0.25, 0.3) is 0 Å². The standard InChI is InChI=1S/C24H39N5O4/c1-27(2)24(19-8-5-4-6-9-19)12-10-23(11-13-24)18-28(17-21(31)26-16-20(25)30)22(32)29(23)14-7-15-33-3/h4-6,8-9,22,32H,7,10-18H2,1-3H3,(H2,25,30)(H,26,31)/t22?,23-,24+. The van der Waals surface area contributed by atoms with Crippen LogP contribution in [0, 0.1) is 0 Å². The van der Waals surface area contributed by atoms with E-state index in [9.17, 15) is 14.7 Å². The third-order valence-electron chi connectivity index (χ3n) is 7.44. The molecule has 4 N–H and O–H groups in total. The third-order valence-corrected chi connectivity index (χ3v) is 7.44. The van der Waals surface area contributed by atoms with E-state index < -0.39 is 12.3 Å². The van der Waals surface area contributed by atoms with Crippen molar-refractivity contribution in [3.8, 4) is 0 Å². The molecule has 9 heteroatoms. The number of primary amides is 1. The van der Waals surface area contributed by atoms with Gasteiger partial charge in [-0.2, -0.15) is 0 Å². The van der Waals surface area contributed by atoms with Crippen molar-refractivity contribution in [3.05, 3.63) is 35.9 Å². The second-order valence-corrected chi connectivity index (χ2v) is 9.55. The topological polar surface area (TPSA) is 111 Å². The Kier molecular flexibility index (Phi) is 8.47. The molecular weight excluding hydrogens is 422 g/mol. The van der Waals surface area contributed by atoms with Gasteiger partial charge in [-0.3, -0.25) is 24.3 Å². The molecular formula is C24H39N5O4. The minimum Gasteiger partial charge on any atom is -0.385 e. The number of carbonyl (C=O) groups is 2. The van der Waals surface area contributed by atoms with Crippen molar-refractivity contribution in [2.45, 2.75) is 49.5 Å². The van der Waals surface area contributed by atoms with E-state index in [1.54, 1.807) is 12.0 Å². The lowest BCUT2D eigenvalue weighted by atomic mass is 9.68. The average molecular weight is 462 g/mol. The molecule has 184 valence electrons. The first kappa shape index (κ1) is 25.6. The number of nitrogens with zero attached hydrogens (tertiary/aromatic N) is 3. The molecule has 1 saturated carbocycles. The molecule has 0 bridgehead atoms. The predicted octanol–water partition coefficient (Wildman–Crippen LogP) is 0.288. The predicted molar refractivity (Wildman–Crippen MR) is 126 cm³/mol. The molecule has 1 unspecified atom stereocenters. The fourth-order valence-electron chi connectivity index (χ4n) is 5.60. The van der Waals surface area contributed by atoms with Crippen molar-refractivity contribution < 1.29 is 19.4 Å². The summed E-state index contributed by atoms with van der Waals surface area (Å²) in [6.07, 6.45) is 3.67. The van der Waals surface area contributed by atoms with Gasteiger partial charge in [-0.05, 0) is 51.8 Å². The van der Waals surface area contributed by atoms with Gasteiger partial charge in [0.2, 0.25) is 11.8 Å². The SMILES string of the molecule is COCCCN1C(O)N(CC(=O)NCC(N)=O)C[C@]12CC[C@](c1ccccc1)(N(C)C)CC2. The summed E-state index contributed by atoms with van der Waals surface area (Å²) in [6, 6.07) is 10.6. The fourth-order valence-corrected chi connectivity index (χ4v) is 5.60. The number of aliphatic hydroxyl groups is 1. The number of methoxy groups -OCH3 is 1. The number of ether oxygens (including phenoxy) is 1. The number of hydrogen-bond donors (Lipinski definition) is 3. The molecule has 1 saturated heterocycles. The van der Waals surface area contributed by atoms with Crippen LogP contribution in [0.2, 0.25) is 0 Å². The molecule has 0 aromatic heterocycles. The largest absolute Gasteiger partial charge is 0.385 e. The van der Waals surface area contributed by atoms with E-state index >= 15 is 0 Å². The maximum absolute atomic E-state index is 12.3. The number of carbonyl (C=O) groups excluding carboxylic acids is 2. The van der Waals surface area contributed by atoms with Gasteiger partial charge in [0.1, 0.15) is 0 Å². The summed E-state index contributed by atoms with van der Waals surface area (Å²) in [5, 5.41) is 13.7. The van der Waals surface area contributed by atoms with Gasteiger partial charge in [-0.15, -0.1) is 0 Å². The van der Waals surface area contributed by atoms with Crippen LogP contribution >= 0.6 is 0 Å². The van der Waals surface area contributed by atoms with E-state index in [-0.39, 0.29) is 30.1 Å². The van der Waals surface area contributed by atoms with Crippen molar-refractivity contribution in [3.63, 3.8) is 0 Å². The lowest BCUT2D eigenvalue weighted by Crippen LogP contribution is -2.56. The first-order valence-electron chi connectivity index (χ1n) is 11.7. The van der Waals surface area contributed by atoms with Gasteiger partial charge in [0.15, 0.2) is 6.35 Å². The summed E-state index contributed by atoms with van der Waals surface area (Å²) >= 11 is 0. The van der Waals surface area contributed by atoms with Crippen LogP contribution in [0.4, 0.5) is 0 Å². The van der Waals surface area contributed by atoms with Crippen molar-refractivity contribution in [1.82, 2.24) is 20.0 Å². The first-order valence-corrected chi connectivity index (χ1v) is 11.7. The maximum atomic E-state index is 12.3. The Morgan fingerprint density at radius 2 is 1.88 bits per heavy atom. The van der Waals surface area contributed by atoms with E-state index in [1.807, 2.05) is 6.07 Å². The van der Waals surface area contributed by atoms with Crippen LogP contribution in [-0.2, 0) is 19.9 Å². The number of aliphatic hydroxyl groups excluding tert-OH is 1. The Morgan fingerprint density at radius 1 is 1.21 bits per heavy atom. The van der Waals surface area contributed by atoms with Gasteiger partial charge in [0.25, 0.3) is 0 Å². The molecule has 0 radical (unpaired) electrons. The second kappa shape index (κ2) is 10.9. The van der Waals surface area contributed by atoms with Gasteiger partial charge in [-0.25, -0.2) is 0 Å². The molecule has 33 heavy (non-hydrogen) atoms. The highest BCUT2D eigenvalue weighted by Gasteiger charge is 2.54. The zero-order chi connectivity index (χ0) is 24.1. The molecule has 1 aromatic carbocycles. The van der Waals surface area contributed by atoms with Gasteiger partial charge in [0.05, 0.1) is 13.1 Å². The van der Waals surface area contributed by atoms with E-state index in [2.05, 4.69) is 53.5 Å². The van der Waals surface area contributed by atoms with Crippen LogP contribution in [0.5, 0.6) is 0 Å². The summed E-state index contributed by atoms with van der Waals surface area (Å²) in [5.41, 5.74) is 6.18. The average Bonchev–Trinajstić information content (AvgIpc) is 3.04. The zero-order valence-electron chi connectivity index (χ0n) is 20.1. The van der Waals surface area contributed by atoms with E-state index in [1.165, 1.54) is 5.56 Å². The van der Waals surface area contributed by atoms with Crippen LogP contribution < -0.4 is 11.1 Å². The normalized spacial score (nSPS) is 28.5. The van der Waals surface area contributed by atoms with Crippen LogP contribution in [0.3, 0.4) is 0 Å². The maximum Gasteiger partial charge on any atom is 0.236 e. The summed E-state index contributed by atoms with van der Waals surface area (Å²) in [6.45, 7) is 1.73. The summed E-state index contributed by atoms with van der Waals surface area (Å²) < 4.78 is 5.24. The van der Waals surface area contributed by atoms with E-state index in [4.69, 9.17) is 10.5 Å². The second-order valence-electron chi connectivity index (χ2n) is 9.55. The van der Waals surface area contributed by atoms with Gasteiger partial charge in [-0.1, -0.05) is 30.3 Å². The van der Waals surface area contributed by atoms with Crippen molar-refractivity contribution in [2.75, 3.05) is 54.0 Å². The first-order chi connectivity index (χ1) is 15.7. The highest BCUT2D eigenvalue weighted by Crippen LogP contribution is 2.49. The Hall–Kier alpha value is -2.04. The molecule has 9 nitrogen and oxygen atoms in total. The highest BCUT2D eigenvalue weighted by molar-refractivity contribution is 5.84. The molecule has 2 fully saturated rings. The number of amides is 2. The molecule has 1 aromatic rings. The Labute approximate surface area is 196 Å². The quantitative estimate of drug-likeness (QED) is 0.430. The molecule has 2 amide bonds. The van der Waals surface area contributed by atoms with Crippen molar-refractivity contribution in [2.24, 2.45) is 5.73 Å². The molecule has 1 spiro atoms. The lowest BCUT2D eigenvalue weighted by molar-refractivity contribution is -0.130. The molecule has 1 heterocycles. The number of benzene rings is 1. The number of rotatable bonds is 10. The number of hydrogen-bond acceptors (Lipinski definition) is 7. The van der Waals surface area contributed by atoms with Crippen LogP contribution in [0.15, 0.2) is 30.3 Å². The fraction of sp³-hybridized carbons (Fsp3) is 0.667. The van der Waals surface area contributed by atoms with Crippen molar-refractivity contribution >= 4 is 11.8 Å². The van der Waals surface area contributed by atoms with E-state index in [0.717, 1.165) is 32.1 Å². The summed E-state index contributed by atoms with van der Waals surface area (Å²) in [4.78, 5) is 29.6. The van der Waals surface area contributed by atoms with E-state index in [0.29, 0.717) is 19.7 Å². The number of nitrogens with one attached hydrogen (secondary N) is 1. The lowest BCUT2D eigenvalue weighted by Gasteiger charge is -2.51. The molecule has 1 atom stereocenters. The minimum atomic E-state index is -0.857. The third kappa shape index (κ3) is 5.55. The van der Waals surface area contributed by atoms with Crippen molar-refractivity contribution in [1.29, 1.82) is 0 Å². The highest BCUT2D eigenvalue weighted by atomic mass is 16.5. The van der Waals surface area contributed by atoms with Crippen LogP contribution in [0.1, 0.15) is 37.7 Å². The molecule has 1 aliphatic carbocycles.